The number of hydrogen-bond acceptors (Lipinski definition) is 4. The van der Waals surface area contributed by atoms with E-state index in [1.807, 2.05) is 17.8 Å². The molecule has 0 radical (unpaired) electrons. The lowest BCUT2D eigenvalue weighted by Crippen LogP contribution is -1.96. The molecule has 72 valence electrons. The molecule has 1 aromatic heterocycles. The zero-order valence-electron chi connectivity index (χ0n) is 7.64. The topological polar surface area (TPSA) is 42.3 Å². The third kappa shape index (κ3) is 1.86. The first-order valence-corrected chi connectivity index (χ1v) is 5.67. The van der Waals surface area contributed by atoms with E-state index in [1.165, 1.54) is 5.75 Å². The van der Waals surface area contributed by atoms with E-state index in [-0.39, 0.29) is 0 Å². The molecule has 0 aromatic carbocycles. The van der Waals surface area contributed by atoms with Crippen molar-refractivity contribution >= 4 is 23.5 Å². The van der Waals surface area contributed by atoms with Crippen LogP contribution in [0.15, 0.2) is 23.5 Å². The molecular formula is C10H10N2OS. The SMILES string of the molecule is O=C=Nc1cnccc1C1CCSC1. The summed E-state index contributed by atoms with van der Waals surface area (Å²) < 4.78 is 0. The Morgan fingerprint density at radius 1 is 1.64 bits per heavy atom. The molecule has 1 saturated heterocycles. The lowest BCUT2D eigenvalue weighted by molar-refractivity contribution is 0.565. The van der Waals surface area contributed by atoms with Crippen molar-refractivity contribution in [2.75, 3.05) is 11.5 Å². The maximum atomic E-state index is 10.2. The Labute approximate surface area is 86.6 Å². The van der Waals surface area contributed by atoms with Crippen molar-refractivity contribution < 1.29 is 4.79 Å². The maximum Gasteiger partial charge on any atom is 0.240 e. The molecular weight excluding hydrogens is 196 g/mol. The van der Waals surface area contributed by atoms with Crippen LogP contribution in [0.25, 0.3) is 0 Å². The highest BCUT2D eigenvalue weighted by Crippen LogP contribution is 2.36. The summed E-state index contributed by atoms with van der Waals surface area (Å²) in [5.41, 5.74) is 1.81. The van der Waals surface area contributed by atoms with Crippen molar-refractivity contribution in [3.63, 3.8) is 0 Å². The van der Waals surface area contributed by atoms with Gasteiger partial charge in [0, 0.05) is 11.9 Å². The fourth-order valence-corrected chi connectivity index (χ4v) is 2.91. The van der Waals surface area contributed by atoms with Gasteiger partial charge in [-0.05, 0) is 29.7 Å². The number of thioether (sulfide) groups is 1. The minimum Gasteiger partial charge on any atom is -0.262 e. The second kappa shape index (κ2) is 4.40. The number of isocyanates is 1. The van der Waals surface area contributed by atoms with Gasteiger partial charge in [0.2, 0.25) is 6.08 Å². The van der Waals surface area contributed by atoms with Gasteiger partial charge >= 0.3 is 0 Å². The van der Waals surface area contributed by atoms with E-state index in [4.69, 9.17) is 0 Å². The Morgan fingerprint density at radius 3 is 3.29 bits per heavy atom. The normalized spacial score (nSPS) is 20.4. The third-order valence-corrected chi connectivity index (χ3v) is 3.53. The third-order valence-electron chi connectivity index (χ3n) is 2.37. The zero-order chi connectivity index (χ0) is 9.80. The van der Waals surface area contributed by atoms with Gasteiger partial charge in [-0.3, -0.25) is 4.98 Å². The molecule has 2 rings (SSSR count). The molecule has 0 N–H and O–H groups in total. The van der Waals surface area contributed by atoms with Gasteiger partial charge in [-0.2, -0.15) is 16.8 Å². The number of nitrogens with zero attached hydrogens (tertiary/aromatic N) is 2. The first kappa shape index (κ1) is 9.44. The van der Waals surface area contributed by atoms with Crippen LogP contribution in [0.3, 0.4) is 0 Å². The summed E-state index contributed by atoms with van der Waals surface area (Å²) in [6.07, 6.45) is 6.12. The number of rotatable bonds is 2. The summed E-state index contributed by atoms with van der Waals surface area (Å²) in [5.74, 6) is 2.83. The van der Waals surface area contributed by atoms with Crippen molar-refractivity contribution in [2.24, 2.45) is 4.99 Å². The molecule has 1 aliphatic heterocycles. The van der Waals surface area contributed by atoms with E-state index >= 15 is 0 Å². The van der Waals surface area contributed by atoms with Crippen LogP contribution < -0.4 is 0 Å². The Bertz CT molecular complexity index is 368. The lowest BCUT2D eigenvalue weighted by atomic mass is 9.98. The van der Waals surface area contributed by atoms with Gasteiger partial charge in [0.05, 0.1) is 11.9 Å². The van der Waals surface area contributed by atoms with Crippen LogP contribution in [0.5, 0.6) is 0 Å². The summed E-state index contributed by atoms with van der Waals surface area (Å²) in [5, 5.41) is 0. The molecule has 1 aromatic rings. The monoisotopic (exact) mass is 206 g/mol. The Balaban J connectivity index is 2.34. The van der Waals surface area contributed by atoms with Crippen LogP contribution in [0.4, 0.5) is 5.69 Å². The first-order chi connectivity index (χ1) is 6.92. The van der Waals surface area contributed by atoms with Gasteiger partial charge in [0.1, 0.15) is 0 Å². The predicted octanol–water partition coefficient (Wildman–Crippen LogP) is 2.27. The van der Waals surface area contributed by atoms with E-state index in [0.717, 1.165) is 17.7 Å². The molecule has 1 atom stereocenters. The molecule has 14 heavy (non-hydrogen) atoms. The molecule has 0 saturated carbocycles. The van der Waals surface area contributed by atoms with Crippen LogP contribution in [0.1, 0.15) is 17.9 Å². The van der Waals surface area contributed by atoms with Crippen LogP contribution >= 0.6 is 11.8 Å². The van der Waals surface area contributed by atoms with Crippen molar-refractivity contribution in [3.05, 3.63) is 24.0 Å². The molecule has 1 aliphatic rings. The van der Waals surface area contributed by atoms with E-state index in [0.29, 0.717) is 11.6 Å². The van der Waals surface area contributed by atoms with E-state index in [9.17, 15) is 4.79 Å². The second-order valence-corrected chi connectivity index (χ2v) is 4.35. The maximum absolute atomic E-state index is 10.2. The molecule has 0 amide bonds. The van der Waals surface area contributed by atoms with Crippen molar-refractivity contribution in [1.29, 1.82) is 0 Å². The van der Waals surface area contributed by atoms with Gasteiger partial charge in [-0.15, -0.1) is 0 Å². The Hall–Kier alpha value is -1.12. The summed E-state index contributed by atoms with van der Waals surface area (Å²) in [4.78, 5) is 17.8. The number of carbonyl (C=O) groups excluding carboxylic acids is 1. The zero-order valence-corrected chi connectivity index (χ0v) is 8.46. The summed E-state index contributed by atoms with van der Waals surface area (Å²) in [6.45, 7) is 0. The highest BCUT2D eigenvalue weighted by molar-refractivity contribution is 7.99. The highest BCUT2D eigenvalue weighted by Gasteiger charge is 2.20. The summed E-state index contributed by atoms with van der Waals surface area (Å²) >= 11 is 1.94. The number of aliphatic imine (C=N–C) groups is 1. The van der Waals surface area contributed by atoms with Gasteiger partial charge in [-0.25, -0.2) is 4.79 Å². The molecule has 1 fully saturated rings. The minimum atomic E-state index is 0.523. The van der Waals surface area contributed by atoms with Gasteiger partial charge in [-0.1, -0.05) is 0 Å². The fourth-order valence-electron chi connectivity index (χ4n) is 1.66. The summed E-state index contributed by atoms with van der Waals surface area (Å²) in [6, 6.07) is 1.95. The predicted molar refractivity (Wildman–Crippen MR) is 56.7 cm³/mol. The molecule has 1 unspecified atom stereocenters. The first-order valence-electron chi connectivity index (χ1n) is 4.51. The van der Waals surface area contributed by atoms with Crippen LogP contribution in [-0.2, 0) is 4.79 Å². The van der Waals surface area contributed by atoms with Crippen LogP contribution in [0, 0.1) is 0 Å². The minimum absolute atomic E-state index is 0.523. The number of aromatic nitrogens is 1. The van der Waals surface area contributed by atoms with E-state index in [2.05, 4.69) is 9.98 Å². The Morgan fingerprint density at radius 2 is 2.57 bits per heavy atom. The number of hydrogen-bond donors (Lipinski definition) is 0. The summed E-state index contributed by atoms with van der Waals surface area (Å²) in [7, 11) is 0. The quantitative estimate of drug-likeness (QED) is 0.550. The van der Waals surface area contributed by atoms with Gasteiger partial charge in [0.25, 0.3) is 0 Å². The number of pyridine rings is 1. The molecule has 0 spiro atoms. The Kier molecular flexibility index (Phi) is 2.96. The fraction of sp³-hybridized carbons (Fsp3) is 0.400. The molecule has 4 heteroatoms. The highest BCUT2D eigenvalue weighted by atomic mass is 32.2. The van der Waals surface area contributed by atoms with Crippen molar-refractivity contribution in [1.82, 2.24) is 4.98 Å². The largest absolute Gasteiger partial charge is 0.262 e. The van der Waals surface area contributed by atoms with E-state index in [1.54, 1.807) is 18.5 Å². The average Bonchev–Trinajstić information content (AvgIpc) is 2.72. The smallest absolute Gasteiger partial charge is 0.240 e. The standard InChI is InChI=1S/C10H10N2OS/c13-7-12-10-5-11-3-1-9(10)8-2-4-14-6-8/h1,3,5,8H,2,4,6H2. The van der Waals surface area contributed by atoms with E-state index < -0.39 is 0 Å². The molecule has 0 bridgehead atoms. The average molecular weight is 206 g/mol. The second-order valence-electron chi connectivity index (χ2n) is 3.20. The van der Waals surface area contributed by atoms with Crippen molar-refractivity contribution in [3.8, 4) is 0 Å². The molecule has 0 aliphatic carbocycles. The van der Waals surface area contributed by atoms with Gasteiger partial charge in [0.15, 0.2) is 0 Å². The van der Waals surface area contributed by atoms with Crippen LogP contribution in [-0.4, -0.2) is 22.6 Å². The van der Waals surface area contributed by atoms with Crippen LogP contribution in [0.2, 0.25) is 0 Å². The molecule has 3 nitrogen and oxygen atoms in total. The van der Waals surface area contributed by atoms with Gasteiger partial charge < -0.3 is 0 Å². The molecule has 2 heterocycles. The van der Waals surface area contributed by atoms with Crippen molar-refractivity contribution in [2.45, 2.75) is 12.3 Å². The lowest BCUT2D eigenvalue weighted by Gasteiger charge is -2.09.